The van der Waals surface area contributed by atoms with Crippen LogP contribution in [0.1, 0.15) is 5.56 Å². The molecule has 3 nitrogen and oxygen atoms in total. The van der Waals surface area contributed by atoms with Crippen molar-refractivity contribution in [1.29, 1.82) is 5.26 Å². The SMILES string of the molecule is Cl.N#Cc1ccc2c(c1)NC(=O)CS2. The lowest BCUT2D eigenvalue weighted by Crippen LogP contribution is -2.18. The summed E-state index contributed by atoms with van der Waals surface area (Å²) in [6.07, 6.45) is 0. The molecular formula is C9H7ClN2OS. The third-order valence-electron chi connectivity index (χ3n) is 1.74. The van der Waals surface area contributed by atoms with Gasteiger partial charge in [-0.25, -0.2) is 0 Å². The Bertz CT molecular complexity index is 414. The predicted octanol–water partition coefficient (Wildman–Crippen LogP) is 2.02. The van der Waals surface area contributed by atoms with E-state index in [9.17, 15) is 4.79 Å². The molecular weight excluding hydrogens is 220 g/mol. The molecule has 1 heterocycles. The Morgan fingerprint density at radius 2 is 2.29 bits per heavy atom. The highest BCUT2D eigenvalue weighted by Gasteiger charge is 2.14. The number of rotatable bonds is 0. The molecule has 2 rings (SSSR count). The molecule has 0 aliphatic carbocycles. The fourth-order valence-corrected chi connectivity index (χ4v) is 1.94. The highest BCUT2D eigenvalue weighted by atomic mass is 35.5. The lowest BCUT2D eigenvalue weighted by atomic mass is 10.2. The molecule has 0 bridgehead atoms. The number of carbonyl (C=O) groups is 1. The number of amides is 1. The van der Waals surface area contributed by atoms with Crippen LogP contribution in [-0.4, -0.2) is 11.7 Å². The van der Waals surface area contributed by atoms with Crippen molar-refractivity contribution in [2.75, 3.05) is 11.1 Å². The minimum absolute atomic E-state index is 0. The molecule has 0 saturated carbocycles. The van der Waals surface area contributed by atoms with Crippen LogP contribution in [0.15, 0.2) is 23.1 Å². The van der Waals surface area contributed by atoms with Crippen molar-refractivity contribution in [2.45, 2.75) is 4.90 Å². The van der Waals surface area contributed by atoms with Crippen molar-refractivity contribution < 1.29 is 4.79 Å². The van der Waals surface area contributed by atoms with E-state index in [1.54, 1.807) is 12.1 Å². The molecule has 0 aromatic heterocycles. The van der Waals surface area contributed by atoms with Gasteiger partial charge in [-0.2, -0.15) is 5.26 Å². The molecule has 0 spiro atoms. The van der Waals surface area contributed by atoms with E-state index in [4.69, 9.17) is 5.26 Å². The lowest BCUT2D eigenvalue weighted by Gasteiger charge is -2.15. The second kappa shape index (κ2) is 4.36. The Balaban J connectivity index is 0.000000980. The van der Waals surface area contributed by atoms with E-state index in [2.05, 4.69) is 5.32 Å². The Morgan fingerprint density at radius 1 is 1.50 bits per heavy atom. The second-order valence-corrected chi connectivity index (χ2v) is 3.68. The fraction of sp³-hybridized carbons (Fsp3) is 0.111. The first-order chi connectivity index (χ1) is 6.29. The molecule has 1 aromatic carbocycles. The number of thioether (sulfide) groups is 1. The van der Waals surface area contributed by atoms with Crippen LogP contribution in [0.4, 0.5) is 5.69 Å². The van der Waals surface area contributed by atoms with Crippen LogP contribution in [0.25, 0.3) is 0 Å². The van der Waals surface area contributed by atoms with E-state index in [-0.39, 0.29) is 18.3 Å². The molecule has 14 heavy (non-hydrogen) atoms. The number of fused-ring (bicyclic) bond motifs is 1. The van der Waals surface area contributed by atoms with Crippen LogP contribution in [0.2, 0.25) is 0 Å². The fourth-order valence-electron chi connectivity index (χ4n) is 1.15. The third-order valence-corrected chi connectivity index (χ3v) is 2.82. The molecule has 1 amide bonds. The van der Waals surface area contributed by atoms with Gasteiger partial charge in [-0.1, -0.05) is 0 Å². The molecule has 1 aliphatic rings. The van der Waals surface area contributed by atoms with Crippen molar-refractivity contribution >= 4 is 35.8 Å². The van der Waals surface area contributed by atoms with Gasteiger partial charge in [0.15, 0.2) is 0 Å². The van der Waals surface area contributed by atoms with Crippen molar-refractivity contribution in [3.8, 4) is 6.07 Å². The summed E-state index contributed by atoms with van der Waals surface area (Å²) in [6.45, 7) is 0. The molecule has 1 N–H and O–H groups in total. The van der Waals surface area contributed by atoms with E-state index in [0.29, 0.717) is 11.3 Å². The van der Waals surface area contributed by atoms with Crippen LogP contribution < -0.4 is 5.32 Å². The average molecular weight is 227 g/mol. The predicted molar refractivity (Wildman–Crippen MR) is 57.8 cm³/mol. The maximum atomic E-state index is 11.0. The van der Waals surface area contributed by atoms with Gasteiger partial charge in [-0.05, 0) is 18.2 Å². The summed E-state index contributed by atoms with van der Waals surface area (Å²) < 4.78 is 0. The van der Waals surface area contributed by atoms with Crippen LogP contribution in [0.5, 0.6) is 0 Å². The molecule has 72 valence electrons. The molecule has 5 heteroatoms. The van der Waals surface area contributed by atoms with Crippen LogP contribution >= 0.6 is 24.2 Å². The van der Waals surface area contributed by atoms with Gasteiger partial charge >= 0.3 is 0 Å². The van der Waals surface area contributed by atoms with Gasteiger partial charge in [0.1, 0.15) is 0 Å². The summed E-state index contributed by atoms with van der Waals surface area (Å²) in [6, 6.07) is 7.34. The Hall–Kier alpha value is -1.18. The van der Waals surface area contributed by atoms with Crippen LogP contribution in [0, 0.1) is 11.3 Å². The van der Waals surface area contributed by atoms with E-state index < -0.39 is 0 Å². The largest absolute Gasteiger partial charge is 0.324 e. The molecule has 0 fully saturated rings. The van der Waals surface area contributed by atoms with Crippen molar-refractivity contribution in [3.05, 3.63) is 23.8 Å². The number of anilines is 1. The standard InChI is InChI=1S/C9H6N2OS.ClH/c10-4-6-1-2-8-7(3-6)11-9(12)5-13-8;/h1-3H,5H2,(H,11,12);1H. The smallest absolute Gasteiger partial charge is 0.234 e. The van der Waals surface area contributed by atoms with Crippen LogP contribution in [0.3, 0.4) is 0 Å². The van der Waals surface area contributed by atoms with Gasteiger partial charge in [0, 0.05) is 4.90 Å². The summed E-state index contributed by atoms with van der Waals surface area (Å²) >= 11 is 1.49. The number of hydrogen-bond donors (Lipinski definition) is 1. The normalized spacial score (nSPS) is 13.2. The first-order valence-corrected chi connectivity index (χ1v) is 4.75. The third kappa shape index (κ3) is 2.00. The first-order valence-electron chi connectivity index (χ1n) is 3.76. The molecule has 0 unspecified atom stereocenters. The number of carbonyl (C=O) groups excluding carboxylic acids is 1. The van der Waals surface area contributed by atoms with E-state index in [1.165, 1.54) is 11.8 Å². The zero-order valence-corrected chi connectivity index (χ0v) is 8.74. The van der Waals surface area contributed by atoms with Gasteiger partial charge in [-0.3, -0.25) is 4.79 Å². The molecule has 1 aliphatic heterocycles. The highest BCUT2D eigenvalue weighted by Crippen LogP contribution is 2.31. The summed E-state index contributed by atoms with van der Waals surface area (Å²) in [7, 11) is 0. The summed E-state index contributed by atoms with van der Waals surface area (Å²) in [4.78, 5) is 12.0. The monoisotopic (exact) mass is 226 g/mol. The topological polar surface area (TPSA) is 52.9 Å². The molecule has 0 atom stereocenters. The number of nitrogens with zero attached hydrogens (tertiary/aromatic N) is 1. The quantitative estimate of drug-likeness (QED) is 0.737. The van der Waals surface area contributed by atoms with Crippen molar-refractivity contribution in [1.82, 2.24) is 0 Å². The number of halogens is 1. The van der Waals surface area contributed by atoms with Gasteiger partial charge in [-0.15, -0.1) is 24.2 Å². The van der Waals surface area contributed by atoms with Gasteiger partial charge in [0.2, 0.25) is 5.91 Å². The molecule has 1 aromatic rings. The summed E-state index contributed by atoms with van der Waals surface area (Å²) in [5.41, 5.74) is 1.32. The lowest BCUT2D eigenvalue weighted by molar-refractivity contribution is -0.113. The number of benzene rings is 1. The summed E-state index contributed by atoms with van der Waals surface area (Å²) in [5.74, 6) is 0.450. The van der Waals surface area contributed by atoms with Gasteiger partial charge in [0.25, 0.3) is 0 Å². The first kappa shape index (κ1) is 10.9. The second-order valence-electron chi connectivity index (χ2n) is 2.66. The number of nitriles is 1. The van der Waals surface area contributed by atoms with Crippen molar-refractivity contribution in [3.63, 3.8) is 0 Å². The summed E-state index contributed by atoms with van der Waals surface area (Å²) in [5, 5.41) is 11.4. The van der Waals surface area contributed by atoms with E-state index in [0.717, 1.165) is 10.6 Å². The minimum Gasteiger partial charge on any atom is -0.324 e. The zero-order valence-electron chi connectivity index (χ0n) is 7.11. The Kier molecular flexibility index (Phi) is 3.39. The maximum Gasteiger partial charge on any atom is 0.234 e. The van der Waals surface area contributed by atoms with Gasteiger partial charge < -0.3 is 5.32 Å². The Labute approximate surface area is 91.9 Å². The molecule has 0 saturated heterocycles. The number of nitrogens with one attached hydrogen (secondary N) is 1. The number of hydrogen-bond acceptors (Lipinski definition) is 3. The maximum absolute atomic E-state index is 11.0. The highest BCUT2D eigenvalue weighted by molar-refractivity contribution is 8.00. The van der Waals surface area contributed by atoms with E-state index >= 15 is 0 Å². The zero-order chi connectivity index (χ0) is 9.26. The van der Waals surface area contributed by atoms with Gasteiger partial charge in [0.05, 0.1) is 23.1 Å². The Morgan fingerprint density at radius 3 is 3.00 bits per heavy atom. The average Bonchev–Trinajstić information content (AvgIpc) is 2.16. The van der Waals surface area contributed by atoms with E-state index in [1.807, 2.05) is 12.1 Å². The van der Waals surface area contributed by atoms with Crippen LogP contribution in [-0.2, 0) is 4.79 Å². The van der Waals surface area contributed by atoms with Crippen molar-refractivity contribution in [2.24, 2.45) is 0 Å². The molecule has 0 radical (unpaired) electrons. The minimum atomic E-state index is -0.00686.